The summed E-state index contributed by atoms with van der Waals surface area (Å²) in [7, 11) is 1.64. The van der Waals surface area contributed by atoms with Crippen LogP contribution in [0.4, 0.5) is 4.79 Å². The average molecular weight is 348 g/mol. The number of rotatable bonds is 5. The summed E-state index contributed by atoms with van der Waals surface area (Å²) in [6.07, 6.45) is 1.24. The molecule has 1 saturated heterocycles. The lowest BCUT2D eigenvalue weighted by Gasteiger charge is -2.24. The Kier molecular flexibility index (Phi) is 5.03. The molecule has 0 aromatic carbocycles. The third-order valence-corrected chi connectivity index (χ3v) is 4.33. The van der Waals surface area contributed by atoms with Crippen molar-refractivity contribution in [2.45, 2.75) is 51.8 Å². The first-order chi connectivity index (χ1) is 12.0. The van der Waals surface area contributed by atoms with Crippen molar-refractivity contribution >= 4 is 6.03 Å². The van der Waals surface area contributed by atoms with Crippen molar-refractivity contribution in [1.29, 1.82) is 0 Å². The van der Waals surface area contributed by atoms with E-state index in [1.807, 2.05) is 19.9 Å². The minimum absolute atomic E-state index is 0.0488. The molecule has 1 aliphatic rings. The van der Waals surface area contributed by atoms with Gasteiger partial charge in [0, 0.05) is 38.2 Å². The molecule has 3 rings (SSSR count). The molecule has 3 heterocycles. The largest absolute Gasteiger partial charge is 0.380 e. The lowest BCUT2D eigenvalue weighted by molar-refractivity contribution is 0.110. The van der Waals surface area contributed by atoms with Crippen LogP contribution in [0.3, 0.4) is 0 Å². The van der Waals surface area contributed by atoms with Crippen LogP contribution in [0.15, 0.2) is 10.6 Å². The summed E-state index contributed by atoms with van der Waals surface area (Å²) < 4.78 is 10.7. The van der Waals surface area contributed by atoms with Gasteiger partial charge in [-0.25, -0.2) is 4.79 Å². The highest BCUT2D eigenvalue weighted by Crippen LogP contribution is 2.32. The van der Waals surface area contributed by atoms with E-state index in [1.165, 1.54) is 0 Å². The van der Waals surface area contributed by atoms with Crippen LogP contribution >= 0.6 is 0 Å². The third-order valence-electron chi connectivity index (χ3n) is 4.33. The van der Waals surface area contributed by atoms with Gasteiger partial charge in [0.2, 0.25) is 5.89 Å². The molecule has 2 N–H and O–H groups in total. The first-order valence-corrected chi connectivity index (χ1v) is 8.37. The van der Waals surface area contributed by atoms with E-state index in [2.05, 4.69) is 25.7 Å². The fourth-order valence-corrected chi connectivity index (χ4v) is 3.11. The summed E-state index contributed by atoms with van der Waals surface area (Å²) in [5.74, 6) is 1.00. The van der Waals surface area contributed by atoms with Crippen molar-refractivity contribution in [2.24, 2.45) is 0 Å². The summed E-state index contributed by atoms with van der Waals surface area (Å²) in [5.41, 5.74) is 1.92. The number of carbonyl (C=O) groups excluding carboxylic acids is 1. The Hall–Kier alpha value is -2.42. The highest BCUT2D eigenvalue weighted by molar-refractivity contribution is 5.75. The second kappa shape index (κ2) is 7.22. The summed E-state index contributed by atoms with van der Waals surface area (Å²) in [4.78, 5) is 18.7. The number of aromatic amines is 1. The molecule has 2 aromatic rings. The minimum atomic E-state index is -0.272. The lowest BCUT2D eigenvalue weighted by atomic mass is 10.2. The highest BCUT2D eigenvalue weighted by atomic mass is 16.5. The number of aromatic nitrogens is 4. The number of methoxy groups -OCH3 is 1. The molecular weight excluding hydrogens is 324 g/mol. The fraction of sp³-hybridized carbons (Fsp3) is 0.625. The number of ether oxygens (including phenoxy) is 1. The molecule has 136 valence electrons. The zero-order chi connectivity index (χ0) is 18.0. The maximum Gasteiger partial charge on any atom is 0.318 e. The number of hydrogen-bond donors (Lipinski definition) is 2. The van der Waals surface area contributed by atoms with E-state index in [0.717, 1.165) is 11.4 Å². The lowest BCUT2D eigenvalue weighted by Crippen LogP contribution is -2.44. The number of H-pyrrole nitrogens is 1. The predicted molar refractivity (Wildman–Crippen MR) is 88.9 cm³/mol. The van der Waals surface area contributed by atoms with Gasteiger partial charge in [0.25, 0.3) is 0 Å². The molecule has 25 heavy (non-hydrogen) atoms. The molecule has 1 fully saturated rings. The Morgan fingerprint density at radius 3 is 2.96 bits per heavy atom. The predicted octanol–water partition coefficient (Wildman–Crippen LogP) is 1.51. The van der Waals surface area contributed by atoms with Crippen LogP contribution in [0.25, 0.3) is 0 Å². The van der Waals surface area contributed by atoms with Crippen molar-refractivity contribution < 1.29 is 14.1 Å². The fourth-order valence-electron chi connectivity index (χ4n) is 3.11. The number of aryl methyl sites for hydroxylation is 2. The van der Waals surface area contributed by atoms with Crippen molar-refractivity contribution in [3.05, 3.63) is 29.2 Å². The molecule has 0 spiro atoms. The highest BCUT2D eigenvalue weighted by Gasteiger charge is 2.39. The van der Waals surface area contributed by atoms with Gasteiger partial charge < -0.3 is 19.5 Å². The summed E-state index contributed by atoms with van der Waals surface area (Å²) in [6, 6.07) is 1.48. The van der Waals surface area contributed by atoms with Crippen LogP contribution in [0.2, 0.25) is 0 Å². The molecular formula is C16H24N6O3. The molecule has 1 aliphatic heterocycles. The van der Waals surface area contributed by atoms with Crippen LogP contribution in [-0.2, 0) is 11.2 Å². The third kappa shape index (κ3) is 3.98. The molecule has 9 heteroatoms. The van der Waals surface area contributed by atoms with Gasteiger partial charge in [0.1, 0.15) is 6.04 Å². The number of carbonyl (C=O) groups is 1. The number of amides is 2. The zero-order valence-electron chi connectivity index (χ0n) is 14.9. The van der Waals surface area contributed by atoms with Crippen LogP contribution in [0, 0.1) is 13.8 Å². The normalized spacial score (nSPS) is 21.5. The van der Waals surface area contributed by atoms with Gasteiger partial charge in [-0.05, 0) is 26.8 Å². The van der Waals surface area contributed by atoms with E-state index in [9.17, 15) is 4.79 Å². The maximum atomic E-state index is 12.7. The molecule has 0 aliphatic carbocycles. The molecule has 0 bridgehead atoms. The van der Waals surface area contributed by atoms with E-state index in [1.54, 1.807) is 18.9 Å². The Bertz CT molecular complexity index is 727. The van der Waals surface area contributed by atoms with Crippen molar-refractivity contribution in [2.75, 3.05) is 13.7 Å². The summed E-state index contributed by atoms with van der Waals surface area (Å²) >= 11 is 0. The first-order valence-electron chi connectivity index (χ1n) is 8.37. The van der Waals surface area contributed by atoms with Crippen LogP contribution in [0.1, 0.15) is 42.5 Å². The van der Waals surface area contributed by atoms with Crippen LogP contribution in [-0.4, -0.2) is 57.1 Å². The summed E-state index contributed by atoms with van der Waals surface area (Å²) in [5, 5.41) is 14.0. The van der Waals surface area contributed by atoms with Gasteiger partial charge in [0.15, 0.2) is 5.82 Å². The van der Waals surface area contributed by atoms with Crippen molar-refractivity contribution in [1.82, 2.24) is 30.6 Å². The summed E-state index contributed by atoms with van der Waals surface area (Å²) in [6.45, 7) is 6.15. The minimum Gasteiger partial charge on any atom is -0.380 e. The second-order valence-electron chi connectivity index (χ2n) is 6.54. The monoisotopic (exact) mass is 348 g/mol. The Morgan fingerprint density at radius 2 is 2.36 bits per heavy atom. The first kappa shape index (κ1) is 17.4. The van der Waals surface area contributed by atoms with Gasteiger partial charge in [-0.3, -0.25) is 5.10 Å². The zero-order valence-corrected chi connectivity index (χ0v) is 14.9. The van der Waals surface area contributed by atoms with E-state index in [4.69, 9.17) is 9.26 Å². The average Bonchev–Trinajstić information content (AvgIpc) is 3.26. The molecule has 0 saturated carbocycles. The molecule has 9 nitrogen and oxygen atoms in total. The molecule has 2 aromatic heterocycles. The van der Waals surface area contributed by atoms with Crippen LogP contribution < -0.4 is 5.32 Å². The van der Waals surface area contributed by atoms with Crippen molar-refractivity contribution in [3.63, 3.8) is 0 Å². The Morgan fingerprint density at radius 1 is 1.56 bits per heavy atom. The standard InChI is InChI=1S/C16H24N6O3/c1-9(5-12-6-10(2)19-20-12)17-16(23)22-8-13(24-4)7-14(22)15-18-11(3)21-25-15/h6,9,13-14H,5,7-8H2,1-4H3,(H,17,23)(H,19,20)/t9-,13-,14+/m0/s1. The van der Waals surface area contributed by atoms with Gasteiger partial charge >= 0.3 is 6.03 Å². The molecule has 0 radical (unpaired) electrons. The SMILES string of the molecule is CO[C@H]1C[C@H](c2nc(C)no2)N(C(=O)N[C@@H](C)Cc2cc(C)[nH]n2)C1. The van der Waals surface area contributed by atoms with Crippen LogP contribution in [0.5, 0.6) is 0 Å². The number of nitrogens with one attached hydrogen (secondary N) is 2. The van der Waals surface area contributed by atoms with Gasteiger partial charge in [-0.15, -0.1) is 0 Å². The maximum absolute atomic E-state index is 12.7. The molecule has 0 unspecified atom stereocenters. The van der Waals surface area contributed by atoms with E-state index >= 15 is 0 Å². The molecule has 2 amide bonds. The number of urea groups is 1. The van der Waals surface area contributed by atoms with E-state index in [0.29, 0.717) is 31.1 Å². The quantitative estimate of drug-likeness (QED) is 0.848. The Balaban J connectivity index is 1.66. The number of likely N-dealkylation sites (tertiary alicyclic amines) is 1. The van der Waals surface area contributed by atoms with E-state index < -0.39 is 0 Å². The van der Waals surface area contributed by atoms with Gasteiger partial charge in [-0.2, -0.15) is 10.1 Å². The smallest absolute Gasteiger partial charge is 0.318 e. The number of hydrogen-bond acceptors (Lipinski definition) is 6. The Labute approximate surface area is 146 Å². The van der Waals surface area contributed by atoms with Crippen molar-refractivity contribution in [3.8, 4) is 0 Å². The topological polar surface area (TPSA) is 109 Å². The second-order valence-corrected chi connectivity index (χ2v) is 6.54. The van der Waals surface area contributed by atoms with E-state index in [-0.39, 0.29) is 24.2 Å². The van der Waals surface area contributed by atoms with Gasteiger partial charge in [-0.1, -0.05) is 5.16 Å². The van der Waals surface area contributed by atoms with Gasteiger partial charge in [0.05, 0.1) is 11.8 Å². The number of nitrogens with zero attached hydrogens (tertiary/aromatic N) is 4. The molecule has 3 atom stereocenters.